The van der Waals surface area contributed by atoms with Crippen molar-refractivity contribution in [2.45, 2.75) is 6.42 Å². The van der Waals surface area contributed by atoms with Gasteiger partial charge in [0, 0.05) is 24.8 Å². The maximum Gasteiger partial charge on any atom is 0.273 e. The summed E-state index contributed by atoms with van der Waals surface area (Å²) < 4.78 is 17.5. The standard InChI is InChI=1S/C13H14FN3O2/c14-10-3-1-4-11(9-10)15-6-2-7-16-13(18)12-5-8-19-17-12/h1,3-5,8-9,15H,2,6-7H2,(H,16,18). The van der Waals surface area contributed by atoms with E-state index in [9.17, 15) is 9.18 Å². The second kappa shape index (κ2) is 6.53. The minimum Gasteiger partial charge on any atom is -0.385 e. The summed E-state index contributed by atoms with van der Waals surface area (Å²) in [5, 5.41) is 9.30. The fraction of sp³-hybridized carbons (Fsp3) is 0.231. The monoisotopic (exact) mass is 263 g/mol. The summed E-state index contributed by atoms with van der Waals surface area (Å²) in [5.41, 5.74) is 0.987. The summed E-state index contributed by atoms with van der Waals surface area (Å²) in [6, 6.07) is 7.75. The number of amides is 1. The molecule has 0 saturated heterocycles. The van der Waals surface area contributed by atoms with Crippen LogP contribution in [-0.2, 0) is 0 Å². The average Bonchev–Trinajstić information content (AvgIpc) is 2.92. The number of aromatic nitrogens is 1. The molecule has 0 radical (unpaired) electrons. The van der Waals surface area contributed by atoms with E-state index in [1.807, 2.05) is 0 Å². The van der Waals surface area contributed by atoms with E-state index in [4.69, 9.17) is 0 Å². The van der Waals surface area contributed by atoms with Crippen molar-refractivity contribution in [1.29, 1.82) is 0 Å². The van der Waals surface area contributed by atoms with E-state index in [0.29, 0.717) is 13.1 Å². The number of benzene rings is 1. The van der Waals surface area contributed by atoms with Crippen molar-refractivity contribution in [3.8, 4) is 0 Å². The second-order valence-electron chi connectivity index (χ2n) is 3.93. The zero-order valence-corrected chi connectivity index (χ0v) is 10.2. The van der Waals surface area contributed by atoms with Crippen LogP contribution in [0, 0.1) is 5.82 Å². The van der Waals surface area contributed by atoms with Crippen LogP contribution in [0.3, 0.4) is 0 Å². The number of carbonyl (C=O) groups excluding carboxylic acids is 1. The fourth-order valence-corrected chi connectivity index (χ4v) is 1.54. The van der Waals surface area contributed by atoms with Crippen LogP contribution >= 0.6 is 0 Å². The molecule has 1 aromatic heterocycles. The largest absolute Gasteiger partial charge is 0.385 e. The highest BCUT2D eigenvalue weighted by molar-refractivity contribution is 5.91. The van der Waals surface area contributed by atoms with Gasteiger partial charge in [0.25, 0.3) is 5.91 Å². The minimum absolute atomic E-state index is 0.262. The van der Waals surface area contributed by atoms with E-state index >= 15 is 0 Å². The van der Waals surface area contributed by atoms with Gasteiger partial charge >= 0.3 is 0 Å². The molecule has 0 saturated carbocycles. The van der Waals surface area contributed by atoms with E-state index in [0.717, 1.165) is 12.1 Å². The molecule has 1 amide bonds. The lowest BCUT2D eigenvalue weighted by atomic mass is 10.3. The van der Waals surface area contributed by atoms with Gasteiger partial charge in [-0.3, -0.25) is 4.79 Å². The molecule has 0 aliphatic carbocycles. The number of nitrogens with zero attached hydrogens (tertiary/aromatic N) is 1. The Labute approximate surface area is 109 Å². The summed E-state index contributed by atoms with van der Waals surface area (Å²) in [7, 11) is 0. The molecule has 0 fully saturated rings. The van der Waals surface area contributed by atoms with Crippen molar-refractivity contribution in [3.63, 3.8) is 0 Å². The third-order valence-corrected chi connectivity index (χ3v) is 2.46. The molecule has 0 bridgehead atoms. The maximum absolute atomic E-state index is 12.9. The van der Waals surface area contributed by atoms with Crippen LogP contribution in [0.4, 0.5) is 10.1 Å². The van der Waals surface area contributed by atoms with Gasteiger partial charge in [0.2, 0.25) is 0 Å². The van der Waals surface area contributed by atoms with E-state index in [2.05, 4.69) is 20.3 Å². The molecular weight excluding hydrogens is 249 g/mol. The Morgan fingerprint density at radius 3 is 2.95 bits per heavy atom. The first-order chi connectivity index (χ1) is 9.25. The van der Waals surface area contributed by atoms with E-state index in [1.165, 1.54) is 24.5 Å². The van der Waals surface area contributed by atoms with Gasteiger partial charge in [-0.25, -0.2) is 4.39 Å². The van der Waals surface area contributed by atoms with Crippen molar-refractivity contribution in [3.05, 3.63) is 48.1 Å². The zero-order valence-electron chi connectivity index (χ0n) is 10.2. The molecule has 100 valence electrons. The molecule has 1 heterocycles. The molecule has 5 nitrogen and oxygen atoms in total. The summed E-state index contributed by atoms with van der Waals surface area (Å²) in [6.07, 6.45) is 2.07. The molecule has 6 heteroatoms. The normalized spacial score (nSPS) is 10.2. The number of halogens is 1. The molecule has 0 unspecified atom stereocenters. The number of nitrogens with one attached hydrogen (secondary N) is 2. The lowest BCUT2D eigenvalue weighted by Gasteiger charge is -2.06. The van der Waals surface area contributed by atoms with Gasteiger partial charge in [0.15, 0.2) is 5.69 Å². The first-order valence-electron chi connectivity index (χ1n) is 5.94. The lowest BCUT2D eigenvalue weighted by molar-refractivity contribution is 0.0944. The highest BCUT2D eigenvalue weighted by Gasteiger charge is 2.06. The van der Waals surface area contributed by atoms with Crippen LogP contribution in [0.2, 0.25) is 0 Å². The Hall–Kier alpha value is -2.37. The Kier molecular flexibility index (Phi) is 4.49. The number of rotatable bonds is 6. The van der Waals surface area contributed by atoms with Crippen LogP contribution < -0.4 is 10.6 Å². The fourth-order valence-electron chi connectivity index (χ4n) is 1.54. The highest BCUT2D eigenvalue weighted by atomic mass is 19.1. The molecule has 2 aromatic rings. The van der Waals surface area contributed by atoms with Gasteiger partial charge < -0.3 is 15.2 Å². The van der Waals surface area contributed by atoms with Crippen molar-refractivity contribution in [1.82, 2.24) is 10.5 Å². The third kappa shape index (κ3) is 4.09. The average molecular weight is 263 g/mol. The summed E-state index contributed by atoms with van der Waals surface area (Å²) >= 11 is 0. The molecule has 2 rings (SSSR count). The molecule has 19 heavy (non-hydrogen) atoms. The van der Waals surface area contributed by atoms with Gasteiger partial charge in [-0.1, -0.05) is 11.2 Å². The Balaban J connectivity index is 1.64. The molecule has 0 aliphatic heterocycles. The van der Waals surface area contributed by atoms with Gasteiger partial charge in [-0.2, -0.15) is 0 Å². The molecular formula is C13H14FN3O2. The SMILES string of the molecule is O=C(NCCCNc1cccc(F)c1)c1ccon1. The van der Waals surface area contributed by atoms with E-state index < -0.39 is 0 Å². The van der Waals surface area contributed by atoms with Crippen molar-refractivity contribution in [2.24, 2.45) is 0 Å². The lowest BCUT2D eigenvalue weighted by Crippen LogP contribution is -2.26. The summed E-state index contributed by atoms with van der Waals surface area (Å²) in [4.78, 5) is 11.5. The quantitative estimate of drug-likeness (QED) is 0.783. The molecule has 0 spiro atoms. The summed E-state index contributed by atoms with van der Waals surface area (Å²) in [5.74, 6) is -0.538. The third-order valence-electron chi connectivity index (χ3n) is 2.46. The van der Waals surface area contributed by atoms with Gasteiger partial charge in [0.1, 0.15) is 12.1 Å². The Morgan fingerprint density at radius 2 is 2.21 bits per heavy atom. The van der Waals surface area contributed by atoms with E-state index in [-0.39, 0.29) is 17.4 Å². The van der Waals surface area contributed by atoms with Crippen LogP contribution in [0.25, 0.3) is 0 Å². The molecule has 2 N–H and O–H groups in total. The highest BCUT2D eigenvalue weighted by Crippen LogP contribution is 2.08. The van der Waals surface area contributed by atoms with Crippen LogP contribution in [0.5, 0.6) is 0 Å². The Morgan fingerprint density at radius 1 is 1.32 bits per heavy atom. The number of hydrogen-bond donors (Lipinski definition) is 2. The smallest absolute Gasteiger partial charge is 0.273 e. The van der Waals surface area contributed by atoms with Crippen molar-refractivity contribution >= 4 is 11.6 Å². The molecule has 0 aliphatic rings. The number of carbonyl (C=O) groups is 1. The van der Waals surface area contributed by atoms with Crippen LogP contribution in [-0.4, -0.2) is 24.2 Å². The Bertz CT molecular complexity index is 528. The maximum atomic E-state index is 12.9. The molecule has 1 aromatic carbocycles. The predicted molar refractivity (Wildman–Crippen MR) is 68.3 cm³/mol. The number of anilines is 1. The first kappa shape index (κ1) is 13.1. The van der Waals surface area contributed by atoms with Gasteiger partial charge in [-0.15, -0.1) is 0 Å². The molecule has 0 atom stereocenters. The minimum atomic E-state index is -0.274. The second-order valence-corrected chi connectivity index (χ2v) is 3.93. The predicted octanol–water partition coefficient (Wildman–Crippen LogP) is 2.05. The van der Waals surface area contributed by atoms with Gasteiger partial charge in [-0.05, 0) is 24.6 Å². The summed E-state index contributed by atoms with van der Waals surface area (Å²) in [6.45, 7) is 1.15. The van der Waals surface area contributed by atoms with Crippen molar-refractivity contribution in [2.75, 3.05) is 18.4 Å². The number of hydrogen-bond acceptors (Lipinski definition) is 4. The first-order valence-corrected chi connectivity index (χ1v) is 5.94. The van der Waals surface area contributed by atoms with Crippen molar-refractivity contribution < 1.29 is 13.7 Å². The zero-order chi connectivity index (χ0) is 13.5. The van der Waals surface area contributed by atoms with Gasteiger partial charge in [0.05, 0.1) is 0 Å². The van der Waals surface area contributed by atoms with Crippen LogP contribution in [0.15, 0.2) is 41.1 Å². The topological polar surface area (TPSA) is 67.2 Å². The van der Waals surface area contributed by atoms with Crippen LogP contribution in [0.1, 0.15) is 16.9 Å². The van der Waals surface area contributed by atoms with E-state index in [1.54, 1.807) is 12.1 Å².